The predicted molar refractivity (Wildman–Crippen MR) is 128 cm³/mol. The van der Waals surface area contributed by atoms with Gasteiger partial charge in [0.2, 0.25) is 0 Å². The van der Waals surface area contributed by atoms with Gasteiger partial charge in [0, 0.05) is 41.1 Å². The summed E-state index contributed by atoms with van der Waals surface area (Å²) in [6.07, 6.45) is 2.39. The lowest BCUT2D eigenvalue weighted by Gasteiger charge is -2.25. The van der Waals surface area contributed by atoms with Crippen LogP contribution in [0.3, 0.4) is 0 Å². The van der Waals surface area contributed by atoms with Crippen molar-refractivity contribution in [2.75, 3.05) is 20.3 Å². The Morgan fingerprint density at radius 1 is 1.38 bits per heavy atom. The molecule has 0 fully saturated rings. The van der Waals surface area contributed by atoms with Gasteiger partial charge in [-0.25, -0.2) is 0 Å². The average Bonchev–Trinajstić information content (AvgIpc) is 3.05. The van der Waals surface area contributed by atoms with Crippen molar-refractivity contribution < 1.29 is 19.0 Å². The standard InChI is InChI=1S/C25H29BrN2O4/c1-15(30-5)22-18(7-6-8-27-22)23-20(13-25(3,4)14-32-16(2)29)19-11-17(26)12-21-24(19)28(23)9-10-31-21/h6-8,11-12,15H,9-10,13-14H2,1-5H3/t15-/m0/s1. The van der Waals surface area contributed by atoms with Crippen molar-refractivity contribution in [2.45, 2.75) is 46.8 Å². The fourth-order valence-electron chi connectivity index (χ4n) is 4.43. The summed E-state index contributed by atoms with van der Waals surface area (Å²) >= 11 is 3.66. The topological polar surface area (TPSA) is 62.6 Å². The number of esters is 1. The monoisotopic (exact) mass is 500 g/mol. The van der Waals surface area contributed by atoms with Gasteiger partial charge >= 0.3 is 5.97 Å². The molecule has 1 aliphatic rings. The van der Waals surface area contributed by atoms with E-state index in [0.29, 0.717) is 13.2 Å². The van der Waals surface area contributed by atoms with Gasteiger partial charge in [-0.15, -0.1) is 0 Å². The van der Waals surface area contributed by atoms with Crippen molar-refractivity contribution >= 4 is 32.8 Å². The highest BCUT2D eigenvalue weighted by Gasteiger charge is 2.31. The Kier molecular flexibility index (Phi) is 6.32. The van der Waals surface area contributed by atoms with Crippen molar-refractivity contribution in [3.05, 3.63) is 46.2 Å². The zero-order valence-electron chi connectivity index (χ0n) is 19.2. The van der Waals surface area contributed by atoms with Crippen LogP contribution in [0.15, 0.2) is 34.9 Å². The highest BCUT2D eigenvalue weighted by molar-refractivity contribution is 9.10. The number of benzene rings is 1. The van der Waals surface area contributed by atoms with Crippen LogP contribution in [0.25, 0.3) is 22.2 Å². The number of carbonyl (C=O) groups excluding carboxylic acids is 1. The number of pyridine rings is 1. The summed E-state index contributed by atoms with van der Waals surface area (Å²) in [5.41, 5.74) is 5.12. The zero-order chi connectivity index (χ0) is 23.0. The molecule has 1 aromatic carbocycles. The van der Waals surface area contributed by atoms with Gasteiger partial charge in [0.25, 0.3) is 0 Å². The van der Waals surface area contributed by atoms with Gasteiger partial charge in [-0.2, -0.15) is 0 Å². The van der Waals surface area contributed by atoms with Crippen LogP contribution in [0.2, 0.25) is 0 Å². The summed E-state index contributed by atoms with van der Waals surface area (Å²) in [6.45, 7) is 9.41. The lowest BCUT2D eigenvalue weighted by Crippen LogP contribution is -2.24. The van der Waals surface area contributed by atoms with Gasteiger partial charge in [-0.05, 0) is 43.2 Å². The molecule has 0 N–H and O–H groups in total. The minimum atomic E-state index is -0.263. The number of nitrogens with zero attached hydrogens (tertiary/aromatic N) is 2. The Bertz CT molecular complexity index is 1170. The third-order valence-corrected chi connectivity index (χ3v) is 6.37. The molecule has 0 bridgehead atoms. The summed E-state index contributed by atoms with van der Waals surface area (Å²) in [6, 6.07) is 8.26. The molecule has 7 heteroatoms. The molecule has 6 nitrogen and oxygen atoms in total. The Labute approximate surface area is 197 Å². The van der Waals surface area contributed by atoms with Crippen molar-refractivity contribution in [2.24, 2.45) is 5.41 Å². The maximum absolute atomic E-state index is 11.5. The first-order valence-electron chi connectivity index (χ1n) is 10.8. The number of methoxy groups -OCH3 is 1. The van der Waals surface area contributed by atoms with E-state index in [9.17, 15) is 4.79 Å². The lowest BCUT2D eigenvalue weighted by atomic mass is 9.84. The second-order valence-electron chi connectivity index (χ2n) is 9.06. The Balaban J connectivity index is 1.98. The number of hydrogen-bond donors (Lipinski definition) is 0. The predicted octanol–water partition coefficient (Wildman–Crippen LogP) is 5.70. The molecule has 32 heavy (non-hydrogen) atoms. The molecule has 4 rings (SSSR count). The Morgan fingerprint density at radius 3 is 2.88 bits per heavy atom. The summed E-state index contributed by atoms with van der Waals surface area (Å²) in [5.74, 6) is 0.608. The zero-order valence-corrected chi connectivity index (χ0v) is 20.8. The third kappa shape index (κ3) is 4.28. The van der Waals surface area contributed by atoms with Crippen molar-refractivity contribution in [3.63, 3.8) is 0 Å². The fraction of sp³-hybridized carbons (Fsp3) is 0.440. The van der Waals surface area contributed by atoms with Gasteiger partial charge in [0.15, 0.2) is 0 Å². The second-order valence-corrected chi connectivity index (χ2v) is 9.98. The van der Waals surface area contributed by atoms with E-state index in [1.807, 2.05) is 25.3 Å². The van der Waals surface area contributed by atoms with Gasteiger partial charge in [-0.3, -0.25) is 9.78 Å². The quantitative estimate of drug-likeness (QED) is 0.389. The van der Waals surface area contributed by atoms with Crippen LogP contribution >= 0.6 is 15.9 Å². The Hall–Kier alpha value is -2.38. The first-order valence-corrected chi connectivity index (χ1v) is 11.6. The minimum absolute atomic E-state index is 0.148. The smallest absolute Gasteiger partial charge is 0.302 e. The molecule has 3 heterocycles. The molecular weight excluding hydrogens is 472 g/mol. The van der Waals surface area contributed by atoms with E-state index >= 15 is 0 Å². The Morgan fingerprint density at radius 2 is 2.16 bits per heavy atom. The number of aromatic nitrogens is 2. The first-order chi connectivity index (χ1) is 15.2. The highest BCUT2D eigenvalue weighted by Crippen LogP contribution is 2.45. The van der Waals surface area contributed by atoms with Crippen LogP contribution in [-0.2, 0) is 27.2 Å². The summed E-state index contributed by atoms with van der Waals surface area (Å²) in [7, 11) is 1.70. The number of rotatable bonds is 7. The van der Waals surface area contributed by atoms with Crippen LogP contribution in [-0.4, -0.2) is 35.8 Å². The summed E-state index contributed by atoms with van der Waals surface area (Å²) < 4.78 is 20.4. The molecule has 0 radical (unpaired) electrons. The SMILES string of the molecule is CO[C@@H](C)c1ncccc1-c1c(CC(C)(C)COC(C)=O)c2cc(Br)cc3c2n1CCO3. The molecule has 1 aliphatic heterocycles. The molecular formula is C25H29BrN2O4. The highest BCUT2D eigenvalue weighted by atomic mass is 79.9. The van der Waals surface area contributed by atoms with Crippen molar-refractivity contribution in [1.82, 2.24) is 9.55 Å². The van der Waals surface area contributed by atoms with Crippen LogP contribution in [0.1, 0.15) is 45.1 Å². The van der Waals surface area contributed by atoms with E-state index in [2.05, 4.69) is 51.5 Å². The fourth-order valence-corrected chi connectivity index (χ4v) is 4.87. The van der Waals surface area contributed by atoms with E-state index in [0.717, 1.165) is 51.0 Å². The van der Waals surface area contributed by atoms with Gasteiger partial charge < -0.3 is 18.8 Å². The van der Waals surface area contributed by atoms with Gasteiger partial charge in [-0.1, -0.05) is 29.8 Å². The lowest BCUT2D eigenvalue weighted by molar-refractivity contribution is -0.143. The second kappa shape index (κ2) is 8.87. The van der Waals surface area contributed by atoms with Gasteiger partial charge in [0.1, 0.15) is 12.4 Å². The third-order valence-electron chi connectivity index (χ3n) is 5.92. The molecule has 1 atom stereocenters. The number of ether oxygens (including phenoxy) is 3. The van der Waals surface area contributed by atoms with Crippen LogP contribution in [0.5, 0.6) is 5.75 Å². The molecule has 0 saturated heterocycles. The van der Waals surface area contributed by atoms with Gasteiger partial charge in [0.05, 0.1) is 36.2 Å². The molecule has 0 saturated carbocycles. The molecule has 0 amide bonds. The van der Waals surface area contributed by atoms with E-state index in [4.69, 9.17) is 14.2 Å². The summed E-state index contributed by atoms with van der Waals surface area (Å²) in [4.78, 5) is 16.2. The van der Waals surface area contributed by atoms with Crippen LogP contribution in [0, 0.1) is 5.41 Å². The molecule has 0 aliphatic carbocycles. The number of carbonyl (C=O) groups is 1. The van der Waals surface area contributed by atoms with Crippen LogP contribution in [0.4, 0.5) is 0 Å². The normalized spacial score (nSPS) is 14.3. The van der Waals surface area contributed by atoms with Crippen molar-refractivity contribution in [1.29, 1.82) is 0 Å². The minimum Gasteiger partial charge on any atom is -0.489 e. The van der Waals surface area contributed by atoms with E-state index in [1.165, 1.54) is 12.5 Å². The molecule has 0 unspecified atom stereocenters. The summed E-state index contributed by atoms with van der Waals surface area (Å²) in [5, 5.41) is 1.14. The number of halogens is 1. The number of hydrogen-bond acceptors (Lipinski definition) is 5. The van der Waals surface area contributed by atoms with E-state index < -0.39 is 0 Å². The van der Waals surface area contributed by atoms with E-state index in [-0.39, 0.29) is 17.5 Å². The van der Waals surface area contributed by atoms with Crippen molar-refractivity contribution in [3.8, 4) is 17.0 Å². The molecule has 3 aromatic rings. The molecule has 2 aromatic heterocycles. The largest absolute Gasteiger partial charge is 0.489 e. The first kappa shape index (κ1) is 22.8. The molecule has 0 spiro atoms. The van der Waals surface area contributed by atoms with E-state index in [1.54, 1.807) is 7.11 Å². The maximum atomic E-state index is 11.5. The molecule has 170 valence electrons. The maximum Gasteiger partial charge on any atom is 0.302 e. The van der Waals surface area contributed by atoms with Crippen LogP contribution < -0.4 is 4.74 Å². The average molecular weight is 501 g/mol.